The fraction of sp³-hybridized carbons (Fsp3) is 0.273. The maximum atomic E-state index is 12.6. The minimum Gasteiger partial charge on any atom is -0.302 e. The van der Waals surface area contributed by atoms with Crippen molar-refractivity contribution in [3.8, 4) is 0 Å². The highest BCUT2D eigenvalue weighted by Gasteiger charge is 2.37. The SMILES string of the molecule is Cn1c(SCc2cc(=O)n3ccsc3n2)nnc1C(F)(F)F. The van der Waals surface area contributed by atoms with Gasteiger partial charge < -0.3 is 4.57 Å². The van der Waals surface area contributed by atoms with Gasteiger partial charge in [0.15, 0.2) is 10.1 Å². The van der Waals surface area contributed by atoms with Crippen molar-refractivity contribution in [2.45, 2.75) is 17.1 Å². The predicted octanol–water partition coefficient (Wildman–Crippen LogP) is 2.20. The summed E-state index contributed by atoms with van der Waals surface area (Å²) < 4.78 is 40.2. The summed E-state index contributed by atoms with van der Waals surface area (Å²) in [6, 6.07) is 1.35. The molecule has 6 nitrogen and oxygen atoms in total. The molecule has 22 heavy (non-hydrogen) atoms. The fourth-order valence-corrected chi connectivity index (χ4v) is 3.33. The van der Waals surface area contributed by atoms with Crippen LogP contribution >= 0.6 is 23.1 Å². The number of alkyl halides is 3. The number of hydrogen-bond donors (Lipinski definition) is 0. The molecule has 0 atom stereocenters. The van der Waals surface area contributed by atoms with Gasteiger partial charge in [-0.2, -0.15) is 13.2 Å². The molecule has 3 aromatic heterocycles. The Labute approximate surface area is 129 Å². The van der Waals surface area contributed by atoms with E-state index in [9.17, 15) is 18.0 Å². The third kappa shape index (κ3) is 2.73. The third-order valence-electron chi connectivity index (χ3n) is 2.79. The number of fused-ring (bicyclic) bond motifs is 1. The maximum absolute atomic E-state index is 12.6. The zero-order valence-electron chi connectivity index (χ0n) is 11.0. The molecule has 3 heterocycles. The Morgan fingerprint density at radius 3 is 2.82 bits per heavy atom. The summed E-state index contributed by atoms with van der Waals surface area (Å²) in [5, 5.41) is 8.51. The van der Waals surface area contributed by atoms with Gasteiger partial charge in [0.2, 0.25) is 5.82 Å². The molecule has 0 radical (unpaired) electrons. The molecular formula is C11H8F3N5OS2. The molecule has 0 amide bonds. The Morgan fingerprint density at radius 2 is 2.14 bits per heavy atom. The van der Waals surface area contributed by atoms with Crippen LogP contribution in [0.15, 0.2) is 27.6 Å². The standard InChI is InChI=1S/C11H8F3N5OS2/c1-18-8(11(12,13)14)16-17-10(18)22-5-6-4-7(20)19-2-3-21-9(19)15-6/h2-4H,5H2,1H3. The van der Waals surface area contributed by atoms with Crippen LogP contribution in [0, 0.1) is 0 Å². The van der Waals surface area contributed by atoms with Gasteiger partial charge in [-0.15, -0.1) is 21.5 Å². The van der Waals surface area contributed by atoms with Crippen molar-refractivity contribution in [3.63, 3.8) is 0 Å². The van der Waals surface area contributed by atoms with Crippen LogP contribution in [0.25, 0.3) is 4.96 Å². The first-order chi connectivity index (χ1) is 10.4. The van der Waals surface area contributed by atoms with Gasteiger partial charge in [-0.1, -0.05) is 11.8 Å². The predicted molar refractivity (Wildman–Crippen MR) is 74.9 cm³/mol. The minimum atomic E-state index is -4.55. The van der Waals surface area contributed by atoms with Crippen molar-refractivity contribution in [2.24, 2.45) is 7.05 Å². The number of thiazole rings is 1. The second kappa shape index (κ2) is 5.39. The Hall–Kier alpha value is -1.88. The lowest BCUT2D eigenvalue weighted by molar-refractivity contribution is -0.147. The quantitative estimate of drug-likeness (QED) is 0.680. The van der Waals surface area contributed by atoms with Gasteiger partial charge >= 0.3 is 6.18 Å². The van der Waals surface area contributed by atoms with Gasteiger partial charge in [0.1, 0.15) is 0 Å². The van der Waals surface area contributed by atoms with E-state index in [-0.39, 0.29) is 16.5 Å². The molecule has 0 aromatic carbocycles. The molecule has 0 saturated heterocycles. The summed E-state index contributed by atoms with van der Waals surface area (Å²) in [5.74, 6) is -0.829. The van der Waals surface area contributed by atoms with Crippen LogP contribution in [0.4, 0.5) is 13.2 Å². The molecule has 0 aliphatic carbocycles. The highest BCUT2D eigenvalue weighted by Crippen LogP contribution is 2.30. The summed E-state index contributed by atoms with van der Waals surface area (Å²) in [4.78, 5) is 16.6. The summed E-state index contributed by atoms with van der Waals surface area (Å²) in [7, 11) is 1.25. The monoisotopic (exact) mass is 347 g/mol. The summed E-state index contributed by atoms with van der Waals surface area (Å²) >= 11 is 2.35. The highest BCUT2D eigenvalue weighted by molar-refractivity contribution is 7.98. The number of halogens is 3. The van der Waals surface area contributed by atoms with E-state index in [0.717, 1.165) is 16.3 Å². The first kappa shape index (κ1) is 15.0. The van der Waals surface area contributed by atoms with Crippen LogP contribution in [0.3, 0.4) is 0 Å². The summed E-state index contributed by atoms with van der Waals surface area (Å²) in [6.45, 7) is 0. The van der Waals surface area contributed by atoms with Crippen molar-refractivity contribution in [3.05, 3.63) is 39.5 Å². The largest absolute Gasteiger partial charge is 0.451 e. The number of hydrogen-bond acceptors (Lipinski definition) is 6. The van der Waals surface area contributed by atoms with Crippen molar-refractivity contribution in [2.75, 3.05) is 0 Å². The topological polar surface area (TPSA) is 65.1 Å². The van der Waals surface area contributed by atoms with Crippen LogP contribution in [0.1, 0.15) is 11.5 Å². The van der Waals surface area contributed by atoms with Crippen LogP contribution in [-0.4, -0.2) is 24.1 Å². The van der Waals surface area contributed by atoms with E-state index in [2.05, 4.69) is 15.2 Å². The van der Waals surface area contributed by atoms with E-state index in [1.807, 2.05) is 0 Å². The lowest BCUT2D eigenvalue weighted by Gasteiger charge is -2.06. The first-order valence-electron chi connectivity index (χ1n) is 5.91. The lowest BCUT2D eigenvalue weighted by Crippen LogP contribution is -2.13. The van der Waals surface area contributed by atoms with Crippen LogP contribution in [-0.2, 0) is 19.0 Å². The minimum absolute atomic E-state index is 0.112. The average molecular weight is 347 g/mol. The molecule has 0 bridgehead atoms. The number of aromatic nitrogens is 5. The number of thioether (sulfide) groups is 1. The summed E-state index contributed by atoms with van der Waals surface area (Å²) in [6.07, 6.45) is -2.93. The second-order valence-electron chi connectivity index (χ2n) is 4.29. The van der Waals surface area contributed by atoms with Crippen molar-refractivity contribution >= 4 is 28.1 Å². The molecule has 0 unspecified atom stereocenters. The zero-order valence-corrected chi connectivity index (χ0v) is 12.7. The summed E-state index contributed by atoms with van der Waals surface area (Å²) in [5.41, 5.74) is 0.254. The van der Waals surface area contributed by atoms with Crippen LogP contribution in [0.5, 0.6) is 0 Å². The van der Waals surface area contributed by atoms with Gasteiger partial charge in [0, 0.05) is 30.4 Å². The number of rotatable bonds is 3. The molecule has 0 aliphatic rings. The van der Waals surface area contributed by atoms with Gasteiger partial charge in [0.05, 0.1) is 5.69 Å². The molecule has 0 spiro atoms. The van der Waals surface area contributed by atoms with Gasteiger partial charge in [-0.25, -0.2) is 4.98 Å². The molecule has 3 rings (SSSR count). The number of nitrogens with zero attached hydrogens (tertiary/aromatic N) is 5. The van der Waals surface area contributed by atoms with E-state index in [1.54, 1.807) is 11.6 Å². The zero-order chi connectivity index (χ0) is 15.9. The van der Waals surface area contributed by atoms with E-state index in [4.69, 9.17) is 0 Å². The lowest BCUT2D eigenvalue weighted by atomic mass is 10.4. The molecule has 11 heteroatoms. The Kier molecular flexibility index (Phi) is 3.68. The maximum Gasteiger partial charge on any atom is 0.451 e. The van der Waals surface area contributed by atoms with E-state index >= 15 is 0 Å². The van der Waals surface area contributed by atoms with Gasteiger partial charge in [0.25, 0.3) is 5.56 Å². The van der Waals surface area contributed by atoms with Crippen LogP contribution < -0.4 is 5.56 Å². The molecular weight excluding hydrogens is 339 g/mol. The van der Waals surface area contributed by atoms with E-state index < -0.39 is 12.0 Å². The van der Waals surface area contributed by atoms with Crippen molar-refractivity contribution < 1.29 is 13.2 Å². The Bertz CT molecular complexity index is 882. The van der Waals surface area contributed by atoms with Crippen molar-refractivity contribution in [1.82, 2.24) is 24.1 Å². The average Bonchev–Trinajstić information content (AvgIpc) is 3.02. The van der Waals surface area contributed by atoms with Gasteiger partial charge in [-0.05, 0) is 0 Å². The van der Waals surface area contributed by atoms with Crippen molar-refractivity contribution in [1.29, 1.82) is 0 Å². The second-order valence-corrected chi connectivity index (χ2v) is 6.11. The molecule has 0 N–H and O–H groups in total. The third-order valence-corrected chi connectivity index (χ3v) is 4.60. The van der Waals surface area contributed by atoms with E-state index in [0.29, 0.717) is 10.7 Å². The molecule has 116 valence electrons. The first-order valence-corrected chi connectivity index (χ1v) is 7.78. The molecule has 3 aromatic rings. The normalized spacial score (nSPS) is 12.2. The molecule has 0 saturated carbocycles. The van der Waals surface area contributed by atoms with Crippen LogP contribution in [0.2, 0.25) is 0 Å². The smallest absolute Gasteiger partial charge is 0.302 e. The van der Waals surface area contributed by atoms with Gasteiger partial charge in [-0.3, -0.25) is 9.20 Å². The Balaban J connectivity index is 1.82. The molecule has 0 aliphatic heterocycles. The molecule has 0 fully saturated rings. The fourth-order valence-electron chi connectivity index (χ4n) is 1.79. The highest BCUT2D eigenvalue weighted by atomic mass is 32.2. The Morgan fingerprint density at radius 1 is 1.36 bits per heavy atom. The van der Waals surface area contributed by atoms with E-state index in [1.165, 1.54) is 28.9 Å².